The Hall–Kier alpha value is -2.62. The molecule has 2 aliphatic heterocycles. The van der Waals surface area contributed by atoms with Crippen LogP contribution < -0.4 is 4.90 Å². The van der Waals surface area contributed by atoms with Gasteiger partial charge in [-0.1, -0.05) is 74.3 Å². The molecule has 2 aliphatic rings. The van der Waals surface area contributed by atoms with Crippen LogP contribution in [0.1, 0.15) is 66.2 Å². The first-order valence-corrected chi connectivity index (χ1v) is 13.0. The van der Waals surface area contributed by atoms with Gasteiger partial charge in [0.1, 0.15) is 0 Å². The molecule has 0 unspecified atom stereocenters. The van der Waals surface area contributed by atoms with Crippen molar-refractivity contribution in [3.8, 4) is 0 Å². The summed E-state index contributed by atoms with van der Waals surface area (Å²) in [5.41, 5.74) is 7.05. The van der Waals surface area contributed by atoms with Gasteiger partial charge < -0.3 is 4.90 Å². The number of carbonyl (C=O) groups is 1. The molecule has 3 aromatic rings. The third-order valence-corrected chi connectivity index (χ3v) is 8.06. The standard InChI is InChI=1S/C31H35ClN2O/c1-22-8-13-28-27(18-22)31(14-16-33(17-15-31)20-23-6-5-7-26(32)19-23)21-34(28)29(35)24-9-11-25(12-10-24)30(2,3)4/h5-13,18-19H,14-17,20-21H2,1-4H3. The maximum Gasteiger partial charge on any atom is 0.258 e. The lowest BCUT2D eigenvalue weighted by Gasteiger charge is -2.40. The number of halogens is 1. The first-order valence-electron chi connectivity index (χ1n) is 12.7. The van der Waals surface area contributed by atoms with Crippen LogP contribution in [0.3, 0.4) is 0 Å². The monoisotopic (exact) mass is 486 g/mol. The van der Waals surface area contributed by atoms with Crippen molar-refractivity contribution in [3.63, 3.8) is 0 Å². The Bertz CT molecular complexity index is 1230. The molecule has 3 aromatic carbocycles. The van der Waals surface area contributed by atoms with Crippen LogP contribution in [0.4, 0.5) is 5.69 Å². The number of rotatable bonds is 3. The van der Waals surface area contributed by atoms with Gasteiger partial charge in [0, 0.05) is 34.8 Å². The molecule has 5 rings (SSSR count). The predicted octanol–water partition coefficient (Wildman–Crippen LogP) is 7.14. The van der Waals surface area contributed by atoms with Crippen LogP contribution >= 0.6 is 11.6 Å². The molecule has 0 aliphatic carbocycles. The van der Waals surface area contributed by atoms with Gasteiger partial charge in [-0.3, -0.25) is 9.69 Å². The number of hydrogen-bond acceptors (Lipinski definition) is 2. The number of likely N-dealkylation sites (tertiary alicyclic amines) is 1. The third kappa shape index (κ3) is 4.77. The minimum atomic E-state index is 0.0210. The van der Waals surface area contributed by atoms with Crippen molar-refractivity contribution in [1.29, 1.82) is 0 Å². The number of amides is 1. The van der Waals surface area contributed by atoms with Crippen LogP contribution in [0.5, 0.6) is 0 Å². The zero-order chi connectivity index (χ0) is 24.8. The highest BCUT2D eigenvalue weighted by Gasteiger charge is 2.46. The zero-order valence-electron chi connectivity index (χ0n) is 21.3. The van der Waals surface area contributed by atoms with E-state index in [2.05, 4.69) is 75.1 Å². The van der Waals surface area contributed by atoms with Gasteiger partial charge in [0.05, 0.1) is 0 Å². The fraction of sp³-hybridized carbons (Fsp3) is 0.387. The molecule has 0 bridgehead atoms. The van der Waals surface area contributed by atoms with E-state index in [1.807, 2.05) is 29.2 Å². The first kappa shape index (κ1) is 24.1. The van der Waals surface area contributed by atoms with E-state index in [-0.39, 0.29) is 16.7 Å². The number of carbonyl (C=O) groups excluding carboxylic acids is 1. The second-order valence-corrected chi connectivity index (χ2v) is 11.9. The predicted molar refractivity (Wildman–Crippen MR) is 146 cm³/mol. The number of hydrogen-bond donors (Lipinski definition) is 0. The van der Waals surface area contributed by atoms with Crippen LogP contribution in [0, 0.1) is 6.92 Å². The van der Waals surface area contributed by atoms with Crippen LogP contribution in [-0.4, -0.2) is 30.4 Å². The molecule has 0 radical (unpaired) electrons. The van der Waals surface area contributed by atoms with E-state index < -0.39 is 0 Å². The molecular formula is C31H35ClN2O. The van der Waals surface area contributed by atoms with Gasteiger partial charge in [0.15, 0.2) is 0 Å². The smallest absolute Gasteiger partial charge is 0.258 e. The lowest BCUT2D eigenvalue weighted by molar-refractivity contribution is 0.0975. The summed E-state index contributed by atoms with van der Waals surface area (Å²) in [4.78, 5) is 18.3. The molecule has 1 spiro atoms. The van der Waals surface area contributed by atoms with Crippen molar-refractivity contribution in [2.45, 2.75) is 57.9 Å². The van der Waals surface area contributed by atoms with Gasteiger partial charge in [0.25, 0.3) is 5.91 Å². The minimum absolute atomic E-state index is 0.0210. The summed E-state index contributed by atoms with van der Waals surface area (Å²) in [5, 5.41) is 0.792. The topological polar surface area (TPSA) is 23.6 Å². The Balaban J connectivity index is 1.37. The molecule has 2 heterocycles. The van der Waals surface area contributed by atoms with E-state index >= 15 is 0 Å². The van der Waals surface area contributed by atoms with Crippen LogP contribution in [0.15, 0.2) is 66.7 Å². The number of nitrogens with zero attached hydrogens (tertiary/aromatic N) is 2. The van der Waals surface area contributed by atoms with Crippen molar-refractivity contribution in [3.05, 3.63) is 99.6 Å². The van der Waals surface area contributed by atoms with Crippen molar-refractivity contribution < 1.29 is 4.79 Å². The van der Waals surface area contributed by atoms with Gasteiger partial charge in [-0.2, -0.15) is 0 Å². The lowest BCUT2D eigenvalue weighted by atomic mass is 9.74. The summed E-state index contributed by atoms with van der Waals surface area (Å²) >= 11 is 6.20. The first-order chi connectivity index (χ1) is 16.6. The van der Waals surface area contributed by atoms with Crippen molar-refractivity contribution in [2.24, 2.45) is 0 Å². The summed E-state index contributed by atoms with van der Waals surface area (Å²) in [6, 6.07) is 23.0. The second kappa shape index (κ2) is 9.11. The Morgan fingerprint density at radius 3 is 2.34 bits per heavy atom. The molecule has 4 heteroatoms. The van der Waals surface area contributed by atoms with Crippen LogP contribution in [0.25, 0.3) is 0 Å². The van der Waals surface area contributed by atoms with E-state index in [0.29, 0.717) is 0 Å². The van der Waals surface area contributed by atoms with E-state index in [1.54, 1.807) is 0 Å². The summed E-state index contributed by atoms with van der Waals surface area (Å²) in [6.45, 7) is 12.5. The molecule has 1 fully saturated rings. The van der Waals surface area contributed by atoms with E-state index in [1.165, 1.54) is 22.3 Å². The molecule has 1 amide bonds. The summed E-state index contributed by atoms with van der Waals surface area (Å²) in [5.74, 6) is 0.105. The van der Waals surface area contributed by atoms with E-state index in [4.69, 9.17) is 11.6 Å². The van der Waals surface area contributed by atoms with Gasteiger partial charge >= 0.3 is 0 Å². The van der Waals surface area contributed by atoms with E-state index in [9.17, 15) is 4.79 Å². The van der Waals surface area contributed by atoms with Crippen molar-refractivity contribution in [2.75, 3.05) is 24.5 Å². The average Bonchev–Trinajstić information content (AvgIpc) is 3.13. The molecule has 0 saturated carbocycles. The summed E-state index contributed by atoms with van der Waals surface area (Å²) in [7, 11) is 0. The molecule has 0 N–H and O–H groups in total. The Morgan fingerprint density at radius 2 is 1.69 bits per heavy atom. The molecule has 182 valence electrons. The fourth-order valence-electron chi connectivity index (χ4n) is 5.69. The molecular weight excluding hydrogens is 452 g/mol. The lowest BCUT2D eigenvalue weighted by Crippen LogP contribution is -2.45. The summed E-state index contributed by atoms with van der Waals surface area (Å²) in [6.07, 6.45) is 2.10. The van der Waals surface area contributed by atoms with Crippen LogP contribution in [-0.2, 0) is 17.4 Å². The average molecular weight is 487 g/mol. The largest absolute Gasteiger partial charge is 0.307 e. The Labute approximate surface area is 214 Å². The molecule has 35 heavy (non-hydrogen) atoms. The third-order valence-electron chi connectivity index (χ3n) is 7.83. The molecule has 0 aromatic heterocycles. The highest BCUT2D eigenvalue weighted by molar-refractivity contribution is 6.30. The van der Waals surface area contributed by atoms with Crippen molar-refractivity contribution in [1.82, 2.24) is 4.90 Å². The zero-order valence-corrected chi connectivity index (χ0v) is 22.0. The molecule has 3 nitrogen and oxygen atoms in total. The highest BCUT2D eigenvalue weighted by Crippen LogP contribution is 2.48. The number of benzene rings is 3. The maximum absolute atomic E-state index is 13.7. The number of fused-ring (bicyclic) bond motifs is 2. The van der Waals surface area contributed by atoms with Gasteiger partial charge in [-0.05, 0) is 85.3 Å². The fourth-order valence-corrected chi connectivity index (χ4v) is 5.91. The van der Waals surface area contributed by atoms with Crippen LogP contribution in [0.2, 0.25) is 5.02 Å². The Kier molecular flexibility index (Phi) is 6.27. The quantitative estimate of drug-likeness (QED) is 0.392. The Morgan fingerprint density at radius 1 is 0.971 bits per heavy atom. The van der Waals surface area contributed by atoms with Crippen molar-refractivity contribution >= 4 is 23.2 Å². The van der Waals surface area contributed by atoms with Gasteiger partial charge in [-0.15, -0.1) is 0 Å². The maximum atomic E-state index is 13.7. The SMILES string of the molecule is Cc1ccc2c(c1)C1(CCN(Cc3cccc(Cl)c3)CC1)CN2C(=O)c1ccc(C(C)(C)C)cc1. The highest BCUT2D eigenvalue weighted by atomic mass is 35.5. The normalized spacial score (nSPS) is 17.6. The number of piperidine rings is 1. The van der Waals surface area contributed by atoms with Gasteiger partial charge in [0.2, 0.25) is 0 Å². The second-order valence-electron chi connectivity index (χ2n) is 11.4. The number of anilines is 1. The van der Waals surface area contributed by atoms with Gasteiger partial charge in [-0.25, -0.2) is 0 Å². The molecule has 0 atom stereocenters. The molecule has 1 saturated heterocycles. The van der Waals surface area contributed by atoms with E-state index in [0.717, 1.165) is 55.3 Å². The number of aryl methyl sites for hydroxylation is 1. The summed E-state index contributed by atoms with van der Waals surface area (Å²) < 4.78 is 0. The minimum Gasteiger partial charge on any atom is -0.307 e.